The van der Waals surface area contributed by atoms with E-state index in [2.05, 4.69) is 29.1 Å². The largest absolute Gasteiger partial charge is 0.320 e. The number of hydrogen-bond donors (Lipinski definition) is 2. The van der Waals surface area contributed by atoms with E-state index in [1.54, 1.807) is 0 Å². The number of hydrogen-bond acceptors (Lipinski definition) is 5. The van der Waals surface area contributed by atoms with Crippen LogP contribution in [0.25, 0.3) is 10.6 Å². The van der Waals surface area contributed by atoms with E-state index in [0.29, 0.717) is 24.1 Å². The summed E-state index contributed by atoms with van der Waals surface area (Å²) < 4.78 is 0. The van der Waals surface area contributed by atoms with E-state index in [-0.39, 0.29) is 5.91 Å². The van der Waals surface area contributed by atoms with Gasteiger partial charge >= 0.3 is 0 Å². The molecule has 0 bridgehead atoms. The molecule has 2 rings (SSSR count). The predicted octanol–water partition coefficient (Wildman–Crippen LogP) is 3.64. The smallest absolute Gasteiger partial charge is 0.242 e. The molecule has 23 heavy (non-hydrogen) atoms. The monoisotopic (exact) mass is 332 g/mol. The Labute approximate surface area is 141 Å². The van der Waals surface area contributed by atoms with Crippen molar-refractivity contribution in [1.82, 2.24) is 9.97 Å². The van der Waals surface area contributed by atoms with Crippen molar-refractivity contribution in [1.29, 1.82) is 0 Å². The molecule has 0 radical (unpaired) electrons. The number of nitrogens with two attached hydrogens (primary N) is 1. The Morgan fingerprint density at radius 2 is 2.04 bits per heavy atom. The maximum Gasteiger partial charge on any atom is 0.242 e. The number of carbonyl (C=O) groups is 1. The van der Waals surface area contributed by atoms with Gasteiger partial charge in [-0.3, -0.25) is 9.78 Å². The summed E-state index contributed by atoms with van der Waals surface area (Å²) in [4.78, 5) is 20.9. The molecule has 0 saturated heterocycles. The standard InChI is InChI=1S/C17H24N4OS/c1-10(2)7-13(18)16(22)20-15-9-23-17(21-15)12-5-6-14(11(3)4)19-8-12/h5-6,8-11,13H,7,18H2,1-4H3,(H,20,22)/t13-/m0/s1. The molecular formula is C17H24N4OS. The fourth-order valence-electron chi connectivity index (χ4n) is 2.17. The molecule has 124 valence electrons. The number of nitrogens with one attached hydrogen (secondary N) is 1. The van der Waals surface area contributed by atoms with Gasteiger partial charge in [0.1, 0.15) is 10.8 Å². The zero-order valence-electron chi connectivity index (χ0n) is 14.0. The predicted molar refractivity (Wildman–Crippen MR) is 95.5 cm³/mol. The van der Waals surface area contributed by atoms with Crippen LogP contribution in [0, 0.1) is 5.92 Å². The number of nitrogens with zero attached hydrogens (tertiary/aromatic N) is 2. The van der Waals surface area contributed by atoms with Crippen molar-refractivity contribution in [2.45, 2.75) is 46.1 Å². The highest BCUT2D eigenvalue weighted by atomic mass is 32.1. The fourth-order valence-corrected chi connectivity index (χ4v) is 2.91. The Morgan fingerprint density at radius 1 is 1.30 bits per heavy atom. The van der Waals surface area contributed by atoms with Crippen molar-refractivity contribution in [3.63, 3.8) is 0 Å². The van der Waals surface area contributed by atoms with E-state index < -0.39 is 6.04 Å². The highest BCUT2D eigenvalue weighted by Gasteiger charge is 2.16. The molecule has 1 atom stereocenters. The first-order valence-electron chi connectivity index (χ1n) is 7.85. The third-order valence-electron chi connectivity index (χ3n) is 3.44. The molecular weight excluding hydrogens is 308 g/mol. The van der Waals surface area contributed by atoms with E-state index in [1.165, 1.54) is 11.3 Å². The average Bonchev–Trinajstić information content (AvgIpc) is 2.95. The van der Waals surface area contributed by atoms with Crippen LogP contribution in [0.15, 0.2) is 23.7 Å². The van der Waals surface area contributed by atoms with Gasteiger partial charge in [0.2, 0.25) is 5.91 Å². The summed E-state index contributed by atoms with van der Waals surface area (Å²) in [6.07, 6.45) is 2.48. The first-order chi connectivity index (χ1) is 10.9. The zero-order chi connectivity index (χ0) is 17.0. The highest BCUT2D eigenvalue weighted by Crippen LogP contribution is 2.26. The quantitative estimate of drug-likeness (QED) is 0.846. The van der Waals surface area contributed by atoms with Gasteiger partial charge in [-0.2, -0.15) is 0 Å². The topological polar surface area (TPSA) is 80.9 Å². The number of rotatable bonds is 6. The van der Waals surface area contributed by atoms with Crippen molar-refractivity contribution < 1.29 is 4.79 Å². The summed E-state index contributed by atoms with van der Waals surface area (Å²) >= 11 is 1.48. The molecule has 0 aromatic carbocycles. The molecule has 0 saturated carbocycles. The van der Waals surface area contributed by atoms with Crippen molar-refractivity contribution in [3.8, 4) is 10.6 Å². The molecule has 6 heteroatoms. The van der Waals surface area contributed by atoms with Crippen LogP contribution in [-0.2, 0) is 4.79 Å². The molecule has 0 spiro atoms. The number of anilines is 1. The van der Waals surface area contributed by atoms with Crippen LogP contribution >= 0.6 is 11.3 Å². The SMILES string of the molecule is CC(C)C[C@H](N)C(=O)Nc1csc(-c2ccc(C(C)C)nc2)n1. The van der Waals surface area contributed by atoms with Gasteiger partial charge in [0.25, 0.3) is 0 Å². The van der Waals surface area contributed by atoms with E-state index in [1.807, 2.05) is 37.6 Å². The normalized spacial score (nSPS) is 12.7. The second kappa shape index (κ2) is 7.66. The maximum atomic E-state index is 12.0. The summed E-state index contributed by atoms with van der Waals surface area (Å²) in [6, 6.07) is 3.52. The van der Waals surface area contributed by atoms with Gasteiger partial charge in [-0.25, -0.2) is 4.98 Å². The first kappa shape index (κ1) is 17.6. The average molecular weight is 332 g/mol. The molecule has 0 unspecified atom stereocenters. The number of pyridine rings is 1. The number of amides is 1. The Hall–Kier alpha value is -1.79. The lowest BCUT2D eigenvalue weighted by molar-refractivity contribution is -0.117. The van der Waals surface area contributed by atoms with Crippen molar-refractivity contribution >= 4 is 23.1 Å². The van der Waals surface area contributed by atoms with Crippen LogP contribution in [0.1, 0.15) is 45.7 Å². The molecule has 0 aliphatic rings. The Balaban J connectivity index is 2.04. The van der Waals surface area contributed by atoms with Gasteiger partial charge in [-0.15, -0.1) is 11.3 Å². The van der Waals surface area contributed by atoms with Gasteiger partial charge in [0.05, 0.1) is 6.04 Å². The molecule has 3 N–H and O–H groups in total. The molecule has 2 aromatic rings. The second-order valence-corrected chi connectivity index (χ2v) is 7.25. The van der Waals surface area contributed by atoms with E-state index in [0.717, 1.165) is 16.3 Å². The summed E-state index contributed by atoms with van der Waals surface area (Å²) in [5.74, 6) is 1.14. The lowest BCUT2D eigenvalue weighted by Gasteiger charge is -2.12. The Bertz CT molecular complexity index is 649. The Morgan fingerprint density at radius 3 is 2.61 bits per heavy atom. The van der Waals surface area contributed by atoms with Crippen molar-refractivity contribution in [3.05, 3.63) is 29.4 Å². The molecule has 1 amide bonds. The van der Waals surface area contributed by atoms with Gasteiger partial charge in [-0.1, -0.05) is 27.7 Å². The molecule has 2 heterocycles. The van der Waals surface area contributed by atoms with E-state index >= 15 is 0 Å². The van der Waals surface area contributed by atoms with Gasteiger partial charge in [0, 0.05) is 22.8 Å². The molecule has 5 nitrogen and oxygen atoms in total. The maximum absolute atomic E-state index is 12.0. The molecule has 0 aliphatic carbocycles. The molecule has 2 aromatic heterocycles. The minimum atomic E-state index is -0.507. The summed E-state index contributed by atoms with van der Waals surface area (Å²) in [5.41, 5.74) is 7.89. The van der Waals surface area contributed by atoms with Crippen molar-refractivity contribution in [2.75, 3.05) is 5.32 Å². The van der Waals surface area contributed by atoms with Crippen LogP contribution in [0.2, 0.25) is 0 Å². The lowest BCUT2D eigenvalue weighted by atomic mass is 10.0. The summed E-state index contributed by atoms with van der Waals surface area (Å²) in [6.45, 7) is 8.31. The summed E-state index contributed by atoms with van der Waals surface area (Å²) in [7, 11) is 0. The van der Waals surface area contributed by atoms with Crippen LogP contribution < -0.4 is 11.1 Å². The zero-order valence-corrected chi connectivity index (χ0v) is 14.9. The fraction of sp³-hybridized carbons (Fsp3) is 0.471. The van der Waals surface area contributed by atoms with Crippen LogP contribution in [0.3, 0.4) is 0 Å². The van der Waals surface area contributed by atoms with Crippen LogP contribution in [-0.4, -0.2) is 21.9 Å². The minimum absolute atomic E-state index is 0.191. The lowest BCUT2D eigenvalue weighted by Crippen LogP contribution is -2.36. The number of aromatic nitrogens is 2. The number of thiazole rings is 1. The van der Waals surface area contributed by atoms with Gasteiger partial charge < -0.3 is 11.1 Å². The van der Waals surface area contributed by atoms with Gasteiger partial charge in [-0.05, 0) is 30.4 Å². The summed E-state index contributed by atoms with van der Waals surface area (Å²) in [5, 5.41) is 5.44. The highest BCUT2D eigenvalue weighted by molar-refractivity contribution is 7.13. The molecule has 0 fully saturated rings. The second-order valence-electron chi connectivity index (χ2n) is 6.39. The van der Waals surface area contributed by atoms with E-state index in [9.17, 15) is 4.79 Å². The third kappa shape index (κ3) is 4.84. The van der Waals surface area contributed by atoms with Gasteiger partial charge in [0.15, 0.2) is 0 Å². The van der Waals surface area contributed by atoms with Crippen LogP contribution in [0.5, 0.6) is 0 Å². The first-order valence-corrected chi connectivity index (χ1v) is 8.73. The van der Waals surface area contributed by atoms with Crippen LogP contribution in [0.4, 0.5) is 5.82 Å². The Kier molecular flexibility index (Phi) is 5.85. The minimum Gasteiger partial charge on any atom is -0.320 e. The molecule has 0 aliphatic heterocycles. The third-order valence-corrected chi connectivity index (χ3v) is 4.33. The van der Waals surface area contributed by atoms with Crippen molar-refractivity contribution in [2.24, 2.45) is 11.7 Å². The van der Waals surface area contributed by atoms with E-state index in [4.69, 9.17) is 5.73 Å². The number of carbonyl (C=O) groups excluding carboxylic acids is 1.